The Morgan fingerprint density at radius 3 is 2.50 bits per heavy atom. The molecule has 30 heavy (non-hydrogen) atoms. The van der Waals surface area contributed by atoms with Gasteiger partial charge in [-0.3, -0.25) is 10.0 Å². The van der Waals surface area contributed by atoms with E-state index in [0.717, 1.165) is 30.6 Å². The summed E-state index contributed by atoms with van der Waals surface area (Å²) >= 11 is 0. The van der Waals surface area contributed by atoms with Crippen molar-refractivity contribution >= 4 is 5.91 Å². The molecule has 2 N–H and O–H groups in total. The molecule has 5 rings (SSSR count). The standard InChI is InChI=1S/C26H32N2O2/c29-25(27-30)22-10-8-19(9-11-22)5-4-12-28-17-26(18-28)15-20(16-26)13-23-14-24(23)21-6-2-1-3-7-21/h1-3,6-11,20,23-24,30H,4-5,12-18H2,(H,27,29). The molecule has 2 unspecified atom stereocenters. The van der Waals surface area contributed by atoms with Crippen molar-refractivity contribution in [3.05, 3.63) is 71.3 Å². The summed E-state index contributed by atoms with van der Waals surface area (Å²) in [5.74, 6) is 2.30. The molecule has 2 aliphatic carbocycles. The molecular formula is C26H32N2O2. The third kappa shape index (κ3) is 4.17. The second-order valence-electron chi connectivity index (χ2n) is 9.97. The van der Waals surface area contributed by atoms with Gasteiger partial charge in [-0.15, -0.1) is 0 Å². The number of likely N-dealkylation sites (tertiary alicyclic amines) is 1. The molecule has 2 atom stereocenters. The maximum Gasteiger partial charge on any atom is 0.274 e. The first kappa shape index (κ1) is 19.8. The van der Waals surface area contributed by atoms with Gasteiger partial charge in [0.2, 0.25) is 0 Å². The minimum absolute atomic E-state index is 0.455. The van der Waals surface area contributed by atoms with Crippen molar-refractivity contribution in [2.24, 2.45) is 17.3 Å². The Labute approximate surface area is 179 Å². The maximum atomic E-state index is 11.4. The van der Waals surface area contributed by atoms with Crippen LogP contribution in [0.2, 0.25) is 0 Å². The minimum atomic E-state index is -0.455. The predicted octanol–water partition coefficient (Wildman–Crippen LogP) is 4.64. The number of hydrogen-bond acceptors (Lipinski definition) is 3. The Kier molecular flexibility index (Phi) is 5.38. The zero-order chi connectivity index (χ0) is 20.6. The van der Waals surface area contributed by atoms with Crippen LogP contribution in [0.15, 0.2) is 54.6 Å². The lowest BCUT2D eigenvalue weighted by Gasteiger charge is -2.59. The molecule has 0 aromatic heterocycles. The summed E-state index contributed by atoms with van der Waals surface area (Å²) < 4.78 is 0. The predicted molar refractivity (Wildman–Crippen MR) is 118 cm³/mol. The number of carbonyl (C=O) groups is 1. The molecule has 2 saturated carbocycles. The van der Waals surface area contributed by atoms with Gasteiger partial charge in [-0.25, -0.2) is 5.48 Å². The van der Waals surface area contributed by atoms with Gasteiger partial charge >= 0.3 is 0 Å². The number of aryl methyl sites for hydroxylation is 1. The lowest BCUT2D eigenvalue weighted by Crippen LogP contribution is -2.62. The molecule has 3 fully saturated rings. The normalized spacial score (nSPS) is 24.8. The first-order chi connectivity index (χ1) is 14.6. The van der Waals surface area contributed by atoms with E-state index in [9.17, 15) is 4.79 Å². The molecule has 1 amide bonds. The summed E-state index contributed by atoms with van der Waals surface area (Å²) in [5.41, 5.74) is 5.62. The summed E-state index contributed by atoms with van der Waals surface area (Å²) in [7, 11) is 0. The van der Waals surface area contributed by atoms with Gasteiger partial charge in [-0.1, -0.05) is 42.5 Å². The molecular weight excluding hydrogens is 372 g/mol. The Morgan fingerprint density at radius 1 is 1.07 bits per heavy atom. The molecule has 4 heteroatoms. The molecule has 1 heterocycles. The molecule has 2 aromatic carbocycles. The van der Waals surface area contributed by atoms with Crippen molar-refractivity contribution in [3.8, 4) is 0 Å². The van der Waals surface area contributed by atoms with Crippen LogP contribution in [-0.2, 0) is 6.42 Å². The van der Waals surface area contributed by atoms with Crippen molar-refractivity contribution in [2.45, 2.75) is 44.4 Å². The summed E-state index contributed by atoms with van der Waals surface area (Å²) in [6.45, 7) is 3.77. The maximum absolute atomic E-state index is 11.4. The third-order valence-corrected chi connectivity index (χ3v) is 7.61. The van der Waals surface area contributed by atoms with Gasteiger partial charge in [0, 0.05) is 18.7 Å². The van der Waals surface area contributed by atoms with Gasteiger partial charge in [0.1, 0.15) is 0 Å². The number of nitrogens with zero attached hydrogens (tertiary/aromatic N) is 1. The SMILES string of the molecule is O=C(NO)c1ccc(CCCN2CC3(CC(CC4CC4c4ccccc4)C3)C2)cc1. The molecule has 158 valence electrons. The van der Waals surface area contributed by atoms with Crippen LogP contribution in [0.5, 0.6) is 0 Å². The lowest BCUT2D eigenvalue weighted by molar-refractivity contribution is -0.0971. The molecule has 3 aliphatic rings. The van der Waals surface area contributed by atoms with Crippen LogP contribution >= 0.6 is 0 Å². The van der Waals surface area contributed by atoms with Crippen molar-refractivity contribution in [1.29, 1.82) is 0 Å². The monoisotopic (exact) mass is 404 g/mol. The number of hydroxylamine groups is 1. The first-order valence-corrected chi connectivity index (χ1v) is 11.4. The average molecular weight is 405 g/mol. The molecule has 1 saturated heterocycles. The largest absolute Gasteiger partial charge is 0.302 e. The van der Waals surface area contributed by atoms with Gasteiger partial charge < -0.3 is 4.90 Å². The van der Waals surface area contributed by atoms with Gasteiger partial charge in [0.05, 0.1) is 0 Å². The topological polar surface area (TPSA) is 52.6 Å². The Bertz CT molecular complexity index is 866. The third-order valence-electron chi connectivity index (χ3n) is 7.61. The van der Waals surface area contributed by atoms with E-state index < -0.39 is 5.91 Å². The van der Waals surface area contributed by atoms with E-state index in [1.165, 1.54) is 50.9 Å². The highest BCUT2D eigenvalue weighted by Crippen LogP contribution is 2.58. The van der Waals surface area contributed by atoms with E-state index in [1.807, 2.05) is 12.1 Å². The Balaban J connectivity index is 0.972. The quantitative estimate of drug-likeness (QED) is 0.498. The molecule has 0 radical (unpaired) electrons. The molecule has 0 bridgehead atoms. The number of nitrogens with one attached hydrogen (secondary N) is 1. The summed E-state index contributed by atoms with van der Waals surface area (Å²) in [6, 6.07) is 18.6. The summed E-state index contributed by atoms with van der Waals surface area (Å²) in [4.78, 5) is 14.0. The fraction of sp³-hybridized carbons (Fsp3) is 0.500. The Morgan fingerprint density at radius 2 is 1.80 bits per heavy atom. The van der Waals surface area contributed by atoms with E-state index >= 15 is 0 Å². The zero-order valence-corrected chi connectivity index (χ0v) is 17.6. The highest BCUT2D eigenvalue weighted by Gasteiger charge is 2.53. The van der Waals surface area contributed by atoms with Crippen LogP contribution in [0.4, 0.5) is 0 Å². The number of amides is 1. The van der Waals surface area contributed by atoms with Gasteiger partial charge in [-0.2, -0.15) is 0 Å². The van der Waals surface area contributed by atoms with E-state index in [4.69, 9.17) is 5.21 Å². The van der Waals surface area contributed by atoms with Crippen molar-refractivity contribution < 1.29 is 10.0 Å². The average Bonchev–Trinajstić information content (AvgIpc) is 3.50. The number of carbonyl (C=O) groups excluding carboxylic acids is 1. The number of benzene rings is 2. The zero-order valence-electron chi connectivity index (χ0n) is 17.6. The van der Waals surface area contributed by atoms with Crippen LogP contribution in [0.1, 0.15) is 59.5 Å². The Hall–Kier alpha value is -2.17. The van der Waals surface area contributed by atoms with Crippen LogP contribution in [0.25, 0.3) is 0 Å². The van der Waals surface area contributed by atoms with E-state index in [0.29, 0.717) is 11.0 Å². The van der Waals surface area contributed by atoms with E-state index in [1.54, 1.807) is 23.2 Å². The first-order valence-electron chi connectivity index (χ1n) is 11.4. The highest BCUT2D eigenvalue weighted by molar-refractivity contribution is 5.93. The molecule has 1 spiro atoms. The summed E-state index contributed by atoms with van der Waals surface area (Å²) in [6.07, 6.45) is 7.96. The van der Waals surface area contributed by atoms with Crippen LogP contribution < -0.4 is 5.48 Å². The summed E-state index contributed by atoms with van der Waals surface area (Å²) in [5, 5.41) is 8.68. The van der Waals surface area contributed by atoms with Gasteiger partial charge in [-0.05, 0) is 91.5 Å². The van der Waals surface area contributed by atoms with Crippen LogP contribution in [0, 0.1) is 17.3 Å². The van der Waals surface area contributed by atoms with Crippen molar-refractivity contribution in [2.75, 3.05) is 19.6 Å². The van der Waals surface area contributed by atoms with Crippen molar-refractivity contribution in [1.82, 2.24) is 10.4 Å². The number of rotatable bonds is 8. The second-order valence-corrected chi connectivity index (χ2v) is 9.97. The lowest BCUT2D eigenvalue weighted by atomic mass is 9.56. The fourth-order valence-electron chi connectivity index (χ4n) is 6.09. The van der Waals surface area contributed by atoms with Gasteiger partial charge in [0.25, 0.3) is 5.91 Å². The highest BCUT2D eigenvalue weighted by atomic mass is 16.5. The molecule has 1 aliphatic heterocycles. The number of hydrogen-bond donors (Lipinski definition) is 2. The minimum Gasteiger partial charge on any atom is -0.302 e. The van der Waals surface area contributed by atoms with Gasteiger partial charge in [0.15, 0.2) is 0 Å². The van der Waals surface area contributed by atoms with E-state index in [-0.39, 0.29) is 0 Å². The molecule has 2 aromatic rings. The van der Waals surface area contributed by atoms with Crippen molar-refractivity contribution in [3.63, 3.8) is 0 Å². The fourth-order valence-corrected chi connectivity index (χ4v) is 6.09. The molecule has 4 nitrogen and oxygen atoms in total. The second kappa shape index (κ2) is 8.16. The van der Waals surface area contributed by atoms with Crippen LogP contribution in [-0.4, -0.2) is 35.6 Å². The van der Waals surface area contributed by atoms with E-state index in [2.05, 4.69) is 35.2 Å². The van der Waals surface area contributed by atoms with Crippen LogP contribution in [0.3, 0.4) is 0 Å². The smallest absolute Gasteiger partial charge is 0.274 e.